The average molecular weight is 199 g/mol. The Morgan fingerprint density at radius 1 is 1.07 bits per heavy atom. The fraction of sp³-hybridized carbons (Fsp3) is 0.154. The Balaban J connectivity index is 2.40. The van der Waals surface area contributed by atoms with Crippen LogP contribution >= 0.6 is 0 Å². The standard InChI is InChI=1S/C13H13NO/c1-10-6-7-12(9-14-10)11-4-3-5-13(8-11)15-2/h3-9H,1-2H3. The molecule has 0 saturated carbocycles. The molecule has 0 unspecified atom stereocenters. The lowest BCUT2D eigenvalue weighted by Crippen LogP contribution is -1.85. The van der Waals surface area contributed by atoms with Crippen LogP contribution in [-0.2, 0) is 0 Å². The van der Waals surface area contributed by atoms with Gasteiger partial charge in [-0.3, -0.25) is 4.98 Å². The number of aryl methyl sites for hydroxylation is 1. The van der Waals surface area contributed by atoms with Gasteiger partial charge in [-0.25, -0.2) is 0 Å². The van der Waals surface area contributed by atoms with Gasteiger partial charge in [0, 0.05) is 17.5 Å². The van der Waals surface area contributed by atoms with Crippen LogP contribution in [0.25, 0.3) is 11.1 Å². The monoisotopic (exact) mass is 199 g/mol. The molecule has 0 amide bonds. The van der Waals surface area contributed by atoms with Crippen molar-refractivity contribution in [3.63, 3.8) is 0 Å². The molecule has 2 nitrogen and oxygen atoms in total. The second-order valence-corrected chi connectivity index (χ2v) is 3.42. The summed E-state index contributed by atoms with van der Waals surface area (Å²) in [6.45, 7) is 1.98. The molecule has 15 heavy (non-hydrogen) atoms. The van der Waals surface area contributed by atoms with Crippen LogP contribution in [0.3, 0.4) is 0 Å². The van der Waals surface area contributed by atoms with Crippen molar-refractivity contribution in [2.45, 2.75) is 6.92 Å². The number of benzene rings is 1. The van der Waals surface area contributed by atoms with Gasteiger partial charge in [0.2, 0.25) is 0 Å². The van der Waals surface area contributed by atoms with Crippen LogP contribution in [0.15, 0.2) is 42.6 Å². The molecule has 0 fully saturated rings. The third kappa shape index (κ3) is 2.15. The van der Waals surface area contributed by atoms with Crippen molar-refractivity contribution in [3.8, 4) is 16.9 Å². The summed E-state index contributed by atoms with van der Waals surface area (Å²) in [7, 11) is 1.67. The first-order valence-electron chi connectivity index (χ1n) is 4.86. The zero-order chi connectivity index (χ0) is 10.7. The minimum absolute atomic E-state index is 0.869. The van der Waals surface area contributed by atoms with Crippen molar-refractivity contribution < 1.29 is 4.74 Å². The molecule has 0 atom stereocenters. The largest absolute Gasteiger partial charge is 0.497 e. The Morgan fingerprint density at radius 2 is 1.93 bits per heavy atom. The number of hydrogen-bond acceptors (Lipinski definition) is 2. The maximum absolute atomic E-state index is 5.18. The van der Waals surface area contributed by atoms with Gasteiger partial charge < -0.3 is 4.74 Å². The Labute approximate surface area is 89.6 Å². The van der Waals surface area contributed by atoms with Gasteiger partial charge in [-0.05, 0) is 30.7 Å². The smallest absolute Gasteiger partial charge is 0.119 e. The second-order valence-electron chi connectivity index (χ2n) is 3.42. The molecule has 2 rings (SSSR count). The van der Waals surface area contributed by atoms with E-state index in [9.17, 15) is 0 Å². The first kappa shape index (κ1) is 9.71. The van der Waals surface area contributed by atoms with Crippen molar-refractivity contribution in [1.29, 1.82) is 0 Å². The van der Waals surface area contributed by atoms with Gasteiger partial charge in [-0.15, -0.1) is 0 Å². The number of ether oxygens (including phenoxy) is 1. The van der Waals surface area contributed by atoms with Crippen molar-refractivity contribution in [1.82, 2.24) is 4.98 Å². The number of nitrogens with zero attached hydrogens (tertiary/aromatic N) is 1. The highest BCUT2D eigenvalue weighted by atomic mass is 16.5. The van der Waals surface area contributed by atoms with Crippen LogP contribution < -0.4 is 4.74 Å². The van der Waals surface area contributed by atoms with E-state index < -0.39 is 0 Å². The van der Waals surface area contributed by atoms with Crippen LogP contribution in [0.2, 0.25) is 0 Å². The lowest BCUT2D eigenvalue weighted by molar-refractivity contribution is 0.415. The van der Waals surface area contributed by atoms with Gasteiger partial charge in [0.05, 0.1) is 7.11 Å². The lowest BCUT2D eigenvalue weighted by Gasteiger charge is -2.04. The molecule has 2 heteroatoms. The molecule has 0 aliphatic rings. The van der Waals surface area contributed by atoms with E-state index in [0.717, 1.165) is 22.6 Å². The molecular formula is C13H13NO. The van der Waals surface area contributed by atoms with Crippen LogP contribution in [0.5, 0.6) is 5.75 Å². The van der Waals surface area contributed by atoms with Gasteiger partial charge in [-0.1, -0.05) is 18.2 Å². The van der Waals surface area contributed by atoms with Gasteiger partial charge >= 0.3 is 0 Å². The van der Waals surface area contributed by atoms with Crippen molar-refractivity contribution in [2.24, 2.45) is 0 Å². The number of aromatic nitrogens is 1. The maximum Gasteiger partial charge on any atom is 0.119 e. The first-order valence-corrected chi connectivity index (χ1v) is 4.86. The molecule has 0 spiro atoms. The Morgan fingerprint density at radius 3 is 2.60 bits per heavy atom. The van der Waals surface area contributed by atoms with E-state index in [1.807, 2.05) is 37.4 Å². The molecule has 0 radical (unpaired) electrons. The summed E-state index contributed by atoms with van der Waals surface area (Å²) in [5.74, 6) is 0.869. The van der Waals surface area contributed by atoms with Crippen LogP contribution in [0, 0.1) is 6.92 Å². The van der Waals surface area contributed by atoms with E-state index in [-0.39, 0.29) is 0 Å². The number of methoxy groups -OCH3 is 1. The molecule has 76 valence electrons. The van der Waals surface area contributed by atoms with E-state index in [1.54, 1.807) is 7.11 Å². The van der Waals surface area contributed by atoms with E-state index in [1.165, 1.54) is 0 Å². The number of pyridine rings is 1. The number of hydrogen-bond donors (Lipinski definition) is 0. The molecular weight excluding hydrogens is 186 g/mol. The zero-order valence-electron chi connectivity index (χ0n) is 8.90. The van der Waals surface area contributed by atoms with Gasteiger partial charge in [0.15, 0.2) is 0 Å². The molecule has 0 bridgehead atoms. The van der Waals surface area contributed by atoms with Crippen molar-refractivity contribution in [3.05, 3.63) is 48.3 Å². The summed E-state index contributed by atoms with van der Waals surface area (Å²) in [6, 6.07) is 12.0. The molecule has 0 aliphatic heterocycles. The Bertz CT molecular complexity index is 448. The highest BCUT2D eigenvalue weighted by Gasteiger charge is 1.99. The van der Waals surface area contributed by atoms with Crippen molar-refractivity contribution >= 4 is 0 Å². The van der Waals surface area contributed by atoms with Crippen LogP contribution in [0.1, 0.15) is 5.69 Å². The fourth-order valence-electron chi connectivity index (χ4n) is 1.44. The van der Waals surface area contributed by atoms with E-state index in [2.05, 4.69) is 17.1 Å². The normalized spacial score (nSPS) is 10.0. The second kappa shape index (κ2) is 4.13. The molecule has 0 N–H and O–H groups in total. The van der Waals surface area contributed by atoms with Gasteiger partial charge in [0.1, 0.15) is 5.75 Å². The van der Waals surface area contributed by atoms with Gasteiger partial charge in [-0.2, -0.15) is 0 Å². The predicted molar refractivity (Wildman–Crippen MR) is 61.0 cm³/mol. The van der Waals surface area contributed by atoms with Crippen LogP contribution in [-0.4, -0.2) is 12.1 Å². The third-order valence-electron chi connectivity index (χ3n) is 2.31. The quantitative estimate of drug-likeness (QED) is 0.741. The van der Waals surface area contributed by atoms with Gasteiger partial charge in [0.25, 0.3) is 0 Å². The molecule has 0 saturated heterocycles. The van der Waals surface area contributed by atoms with E-state index in [0.29, 0.717) is 0 Å². The first-order chi connectivity index (χ1) is 7.29. The summed E-state index contributed by atoms with van der Waals surface area (Å²) >= 11 is 0. The topological polar surface area (TPSA) is 22.1 Å². The zero-order valence-corrected chi connectivity index (χ0v) is 8.90. The summed E-state index contributed by atoms with van der Waals surface area (Å²) in [5, 5.41) is 0. The SMILES string of the molecule is COc1cccc(-c2ccc(C)nc2)c1. The minimum Gasteiger partial charge on any atom is -0.497 e. The lowest BCUT2D eigenvalue weighted by atomic mass is 10.1. The highest BCUT2D eigenvalue weighted by Crippen LogP contribution is 2.22. The van der Waals surface area contributed by atoms with Crippen molar-refractivity contribution in [2.75, 3.05) is 7.11 Å². The van der Waals surface area contributed by atoms with E-state index in [4.69, 9.17) is 4.74 Å². The maximum atomic E-state index is 5.18. The summed E-state index contributed by atoms with van der Waals surface area (Å²) in [6.07, 6.45) is 1.88. The van der Waals surface area contributed by atoms with Crippen LogP contribution in [0.4, 0.5) is 0 Å². The minimum atomic E-state index is 0.869. The number of rotatable bonds is 2. The molecule has 0 aliphatic carbocycles. The fourth-order valence-corrected chi connectivity index (χ4v) is 1.44. The molecule has 1 aromatic carbocycles. The third-order valence-corrected chi connectivity index (χ3v) is 2.31. The van der Waals surface area contributed by atoms with E-state index >= 15 is 0 Å². The predicted octanol–water partition coefficient (Wildman–Crippen LogP) is 3.07. The molecule has 1 heterocycles. The summed E-state index contributed by atoms with van der Waals surface area (Å²) in [5.41, 5.74) is 3.27. The molecule has 2 aromatic rings. The average Bonchev–Trinajstić information content (AvgIpc) is 2.30. The Hall–Kier alpha value is -1.83. The Kier molecular flexibility index (Phi) is 2.68. The highest BCUT2D eigenvalue weighted by molar-refractivity contribution is 5.64. The molecule has 1 aromatic heterocycles. The summed E-state index contributed by atoms with van der Waals surface area (Å²) in [4.78, 5) is 4.27. The summed E-state index contributed by atoms with van der Waals surface area (Å²) < 4.78 is 5.18.